The fraction of sp³-hybridized carbons (Fsp3) is 0.500. The Balaban J connectivity index is 1.58. The van der Waals surface area contributed by atoms with Crippen molar-refractivity contribution >= 4 is 5.91 Å². The lowest BCUT2D eigenvalue weighted by Gasteiger charge is -2.32. The number of ether oxygens (including phenoxy) is 1. The lowest BCUT2D eigenvalue weighted by molar-refractivity contribution is -0.139. The SMILES string of the molecule is Cc1ccn(CCC(=O)N2CCO[C@H](c3ccnc(C)n3)C2)n1. The van der Waals surface area contributed by atoms with Crippen LogP contribution in [-0.2, 0) is 16.1 Å². The number of hydrogen-bond acceptors (Lipinski definition) is 5. The Bertz CT molecular complexity index is 685. The average Bonchev–Trinajstić information content (AvgIpc) is 2.98. The first-order valence-corrected chi connectivity index (χ1v) is 7.81. The zero-order valence-corrected chi connectivity index (χ0v) is 13.5. The fourth-order valence-corrected chi connectivity index (χ4v) is 2.66. The Morgan fingerprint density at radius 3 is 3.00 bits per heavy atom. The van der Waals surface area contributed by atoms with Crippen molar-refractivity contribution in [3.63, 3.8) is 0 Å². The highest BCUT2D eigenvalue weighted by molar-refractivity contribution is 5.76. The number of morpholine rings is 1. The van der Waals surface area contributed by atoms with E-state index in [9.17, 15) is 4.79 Å². The number of carbonyl (C=O) groups excluding carboxylic acids is 1. The van der Waals surface area contributed by atoms with Crippen molar-refractivity contribution in [3.05, 3.63) is 41.7 Å². The molecule has 23 heavy (non-hydrogen) atoms. The molecule has 1 aliphatic heterocycles. The molecule has 3 rings (SSSR count). The number of aryl methyl sites for hydroxylation is 3. The zero-order chi connectivity index (χ0) is 16.2. The van der Waals surface area contributed by atoms with Crippen molar-refractivity contribution in [2.75, 3.05) is 19.7 Å². The summed E-state index contributed by atoms with van der Waals surface area (Å²) in [6, 6.07) is 3.78. The molecule has 1 aliphatic rings. The van der Waals surface area contributed by atoms with E-state index in [4.69, 9.17) is 4.74 Å². The molecule has 7 nitrogen and oxygen atoms in total. The van der Waals surface area contributed by atoms with Crippen LogP contribution in [0.25, 0.3) is 0 Å². The van der Waals surface area contributed by atoms with Gasteiger partial charge in [0.25, 0.3) is 0 Å². The molecule has 2 aromatic rings. The maximum absolute atomic E-state index is 12.4. The predicted octanol–water partition coefficient (Wildman–Crippen LogP) is 1.28. The van der Waals surface area contributed by atoms with Crippen molar-refractivity contribution in [1.29, 1.82) is 0 Å². The van der Waals surface area contributed by atoms with Gasteiger partial charge in [-0.15, -0.1) is 0 Å². The number of aromatic nitrogens is 4. The van der Waals surface area contributed by atoms with E-state index >= 15 is 0 Å². The van der Waals surface area contributed by atoms with Gasteiger partial charge >= 0.3 is 0 Å². The maximum atomic E-state index is 12.4. The van der Waals surface area contributed by atoms with E-state index in [0.717, 1.165) is 11.4 Å². The van der Waals surface area contributed by atoms with Gasteiger partial charge in [0.15, 0.2) is 0 Å². The fourth-order valence-electron chi connectivity index (χ4n) is 2.66. The van der Waals surface area contributed by atoms with Crippen LogP contribution >= 0.6 is 0 Å². The summed E-state index contributed by atoms with van der Waals surface area (Å²) in [5.41, 5.74) is 1.79. The molecule has 0 N–H and O–H groups in total. The van der Waals surface area contributed by atoms with E-state index in [0.29, 0.717) is 38.5 Å². The Hall–Kier alpha value is -2.28. The van der Waals surface area contributed by atoms with E-state index < -0.39 is 0 Å². The maximum Gasteiger partial charge on any atom is 0.224 e. The third kappa shape index (κ3) is 3.92. The van der Waals surface area contributed by atoms with Crippen molar-refractivity contribution in [1.82, 2.24) is 24.6 Å². The monoisotopic (exact) mass is 315 g/mol. The van der Waals surface area contributed by atoms with Crippen LogP contribution < -0.4 is 0 Å². The second-order valence-corrected chi connectivity index (χ2v) is 5.70. The van der Waals surface area contributed by atoms with E-state index in [1.54, 1.807) is 10.9 Å². The highest BCUT2D eigenvalue weighted by Crippen LogP contribution is 2.20. The summed E-state index contributed by atoms with van der Waals surface area (Å²) >= 11 is 0. The van der Waals surface area contributed by atoms with Gasteiger partial charge in [0, 0.05) is 31.9 Å². The van der Waals surface area contributed by atoms with Gasteiger partial charge in [0.2, 0.25) is 5.91 Å². The largest absolute Gasteiger partial charge is 0.368 e. The number of hydrogen-bond donors (Lipinski definition) is 0. The molecule has 2 aromatic heterocycles. The number of carbonyl (C=O) groups is 1. The number of rotatable bonds is 4. The summed E-state index contributed by atoms with van der Waals surface area (Å²) in [6.45, 7) is 6.07. The summed E-state index contributed by atoms with van der Waals surface area (Å²) in [4.78, 5) is 22.8. The number of amides is 1. The molecule has 1 saturated heterocycles. The van der Waals surface area contributed by atoms with Gasteiger partial charge in [-0.3, -0.25) is 9.48 Å². The minimum absolute atomic E-state index is 0.122. The first-order valence-electron chi connectivity index (χ1n) is 7.81. The van der Waals surface area contributed by atoms with Crippen molar-refractivity contribution in [2.24, 2.45) is 0 Å². The van der Waals surface area contributed by atoms with E-state index in [1.165, 1.54) is 0 Å². The topological polar surface area (TPSA) is 73.1 Å². The molecule has 0 saturated carbocycles. The summed E-state index contributed by atoms with van der Waals surface area (Å²) < 4.78 is 7.57. The first-order chi connectivity index (χ1) is 11.1. The lowest BCUT2D eigenvalue weighted by atomic mass is 10.2. The molecule has 1 fully saturated rings. The quantitative estimate of drug-likeness (QED) is 0.850. The molecule has 1 atom stereocenters. The Labute approximate surface area is 135 Å². The zero-order valence-electron chi connectivity index (χ0n) is 13.5. The van der Waals surface area contributed by atoms with Crippen molar-refractivity contribution in [3.8, 4) is 0 Å². The normalized spacial score (nSPS) is 18.2. The molecule has 0 bridgehead atoms. The van der Waals surface area contributed by atoms with Gasteiger partial charge in [-0.05, 0) is 26.0 Å². The highest BCUT2D eigenvalue weighted by atomic mass is 16.5. The first kappa shape index (κ1) is 15.6. The smallest absolute Gasteiger partial charge is 0.224 e. The summed E-state index contributed by atoms with van der Waals surface area (Å²) in [5.74, 6) is 0.834. The third-order valence-electron chi connectivity index (χ3n) is 3.88. The molecule has 0 spiro atoms. The van der Waals surface area contributed by atoms with Crippen LogP contribution in [0, 0.1) is 13.8 Å². The summed E-state index contributed by atoms with van der Waals surface area (Å²) in [5, 5.41) is 4.30. The second-order valence-electron chi connectivity index (χ2n) is 5.70. The molecule has 3 heterocycles. The summed E-state index contributed by atoms with van der Waals surface area (Å²) in [6.07, 6.45) is 3.88. The molecule has 122 valence electrons. The summed E-state index contributed by atoms with van der Waals surface area (Å²) in [7, 11) is 0. The Kier molecular flexibility index (Phi) is 4.66. The van der Waals surface area contributed by atoms with Gasteiger partial charge in [-0.2, -0.15) is 5.10 Å². The van der Waals surface area contributed by atoms with Crippen LogP contribution in [0.3, 0.4) is 0 Å². The third-order valence-corrected chi connectivity index (χ3v) is 3.88. The molecule has 7 heteroatoms. The van der Waals surface area contributed by atoms with Crippen LogP contribution in [0.2, 0.25) is 0 Å². The molecule has 0 radical (unpaired) electrons. The minimum atomic E-state index is -0.179. The van der Waals surface area contributed by atoms with Gasteiger partial charge in [-0.1, -0.05) is 0 Å². The van der Waals surface area contributed by atoms with Gasteiger partial charge in [0.1, 0.15) is 11.9 Å². The minimum Gasteiger partial charge on any atom is -0.368 e. The van der Waals surface area contributed by atoms with Crippen molar-refractivity contribution in [2.45, 2.75) is 32.9 Å². The van der Waals surface area contributed by atoms with Crippen LogP contribution in [0.5, 0.6) is 0 Å². The van der Waals surface area contributed by atoms with Gasteiger partial charge in [-0.25, -0.2) is 9.97 Å². The molecular formula is C16H21N5O2. The van der Waals surface area contributed by atoms with Gasteiger partial charge in [0.05, 0.1) is 24.5 Å². The van der Waals surface area contributed by atoms with Crippen LogP contribution in [0.15, 0.2) is 24.5 Å². The molecule has 0 aliphatic carbocycles. The van der Waals surface area contributed by atoms with Crippen LogP contribution in [0.4, 0.5) is 0 Å². The molecule has 0 aromatic carbocycles. The number of nitrogens with zero attached hydrogens (tertiary/aromatic N) is 5. The molecular weight excluding hydrogens is 294 g/mol. The molecule has 0 unspecified atom stereocenters. The van der Waals surface area contributed by atoms with Gasteiger partial charge < -0.3 is 9.64 Å². The van der Waals surface area contributed by atoms with E-state index in [-0.39, 0.29) is 12.0 Å². The van der Waals surface area contributed by atoms with E-state index in [2.05, 4.69) is 15.1 Å². The van der Waals surface area contributed by atoms with Crippen LogP contribution in [-0.4, -0.2) is 50.3 Å². The van der Waals surface area contributed by atoms with Crippen molar-refractivity contribution < 1.29 is 9.53 Å². The Morgan fingerprint density at radius 1 is 1.39 bits per heavy atom. The van der Waals surface area contributed by atoms with Crippen LogP contribution in [0.1, 0.15) is 29.7 Å². The van der Waals surface area contributed by atoms with E-state index in [1.807, 2.05) is 37.1 Å². The lowest BCUT2D eigenvalue weighted by Crippen LogP contribution is -2.42. The second kappa shape index (κ2) is 6.87. The molecule has 1 amide bonds. The standard InChI is InChI=1S/C16H21N5O2/c1-12-4-7-21(19-12)8-5-16(22)20-9-10-23-15(11-20)14-3-6-17-13(2)18-14/h3-4,6-7,15H,5,8-11H2,1-2H3/t15-/m0/s1. The highest BCUT2D eigenvalue weighted by Gasteiger charge is 2.26. The predicted molar refractivity (Wildman–Crippen MR) is 83.6 cm³/mol. The Morgan fingerprint density at radius 2 is 2.26 bits per heavy atom. The average molecular weight is 315 g/mol.